The van der Waals surface area contributed by atoms with Crippen molar-refractivity contribution in [3.63, 3.8) is 0 Å². The Morgan fingerprint density at radius 2 is 2.35 bits per heavy atom. The van der Waals surface area contributed by atoms with Crippen LogP contribution in [0.15, 0.2) is 16.6 Å². The molecule has 6 nitrogen and oxygen atoms in total. The Morgan fingerprint density at radius 1 is 1.71 bits per heavy atom. The molecule has 0 saturated carbocycles. The number of nitriles is 1. The van der Waals surface area contributed by atoms with Gasteiger partial charge in [-0.2, -0.15) is 5.26 Å². The van der Waals surface area contributed by atoms with Crippen molar-refractivity contribution in [3.05, 3.63) is 32.3 Å². The summed E-state index contributed by atoms with van der Waals surface area (Å²) in [4.78, 5) is 10.2. The van der Waals surface area contributed by atoms with Crippen LogP contribution >= 0.6 is 15.9 Å². The standard InChI is InChI=1S/C10H9BrN2O4/c1-6(14)8-4-7(11)5-9(13(15)16)10(8)17-3-2-12/h4-6,14H,3H2,1H3/t6-/m0/s1. The van der Waals surface area contributed by atoms with Gasteiger partial charge in [-0.05, 0) is 13.0 Å². The quantitative estimate of drug-likeness (QED) is 0.680. The maximum atomic E-state index is 10.9. The molecule has 1 aromatic carbocycles. The second-order valence-electron chi connectivity index (χ2n) is 3.22. The maximum absolute atomic E-state index is 10.9. The van der Waals surface area contributed by atoms with Crippen molar-refractivity contribution in [1.82, 2.24) is 0 Å². The molecule has 17 heavy (non-hydrogen) atoms. The number of nitro groups is 1. The van der Waals surface area contributed by atoms with Gasteiger partial charge in [0.05, 0.1) is 11.0 Å². The number of rotatable bonds is 4. The van der Waals surface area contributed by atoms with Gasteiger partial charge in [-0.1, -0.05) is 15.9 Å². The Kier molecular flexibility index (Phi) is 4.43. The van der Waals surface area contributed by atoms with Crippen molar-refractivity contribution in [2.45, 2.75) is 13.0 Å². The monoisotopic (exact) mass is 300 g/mol. The van der Waals surface area contributed by atoms with E-state index in [4.69, 9.17) is 10.00 Å². The molecule has 0 spiro atoms. The summed E-state index contributed by atoms with van der Waals surface area (Å²) in [6.07, 6.45) is -0.931. The second-order valence-corrected chi connectivity index (χ2v) is 4.14. The van der Waals surface area contributed by atoms with E-state index in [0.29, 0.717) is 4.47 Å². The van der Waals surface area contributed by atoms with Gasteiger partial charge in [-0.25, -0.2) is 0 Å². The first-order valence-corrected chi connectivity index (χ1v) is 5.42. The molecule has 0 unspecified atom stereocenters. The predicted octanol–water partition coefficient (Wildman–Crippen LogP) is 2.31. The summed E-state index contributed by atoms with van der Waals surface area (Å²) in [7, 11) is 0. The van der Waals surface area contributed by atoms with E-state index in [-0.39, 0.29) is 23.6 Å². The molecule has 0 radical (unpaired) electrons. The number of nitrogens with zero attached hydrogens (tertiary/aromatic N) is 2. The molecule has 1 rings (SSSR count). The maximum Gasteiger partial charge on any atom is 0.312 e. The fraction of sp³-hybridized carbons (Fsp3) is 0.300. The number of ether oxygens (including phenoxy) is 1. The number of hydrogen-bond donors (Lipinski definition) is 1. The lowest BCUT2D eigenvalue weighted by molar-refractivity contribution is -0.386. The highest BCUT2D eigenvalue weighted by Gasteiger charge is 2.23. The molecule has 0 heterocycles. The Bertz CT molecular complexity index is 482. The van der Waals surface area contributed by atoms with Crippen molar-refractivity contribution < 1.29 is 14.8 Å². The lowest BCUT2D eigenvalue weighted by Gasteiger charge is -2.12. The molecule has 1 aromatic rings. The first-order chi connectivity index (χ1) is 7.97. The minimum atomic E-state index is -0.931. The summed E-state index contributed by atoms with van der Waals surface area (Å²) in [5.74, 6) is -0.0743. The number of nitro benzene ring substituents is 1. The van der Waals surface area contributed by atoms with E-state index in [2.05, 4.69) is 15.9 Å². The highest BCUT2D eigenvalue weighted by molar-refractivity contribution is 9.10. The summed E-state index contributed by atoms with van der Waals surface area (Å²) >= 11 is 3.12. The van der Waals surface area contributed by atoms with E-state index in [1.807, 2.05) is 0 Å². The van der Waals surface area contributed by atoms with Crippen LogP contribution in [-0.2, 0) is 0 Å². The van der Waals surface area contributed by atoms with Crippen LogP contribution in [0.1, 0.15) is 18.6 Å². The van der Waals surface area contributed by atoms with Gasteiger partial charge in [-0.15, -0.1) is 0 Å². The van der Waals surface area contributed by atoms with Gasteiger partial charge in [0.2, 0.25) is 5.75 Å². The van der Waals surface area contributed by atoms with Gasteiger partial charge < -0.3 is 9.84 Å². The molecular weight excluding hydrogens is 292 g/mol. The zero-order chi connectivity index (χ0) is 13.0. The van der Waals surface area contributed by atoms with Crippen molar-refractivity contribution in [2.24, 2.45) is 0 Å². The molecule has 1 atom stereocenters. The van der Waals surface area contributed by atoms with Crippen LogP contribution in [0, 0.1) is 21.4 Å². The van der Waals surface area contributed by atoms with Gasteiger partial charge >= 0.3 is 5.69 Å². The topological polar surface area (TPSA) is 96.4 Å². The van der Waals surface area contributed by atoms with Crippen molar-refractivity contribution in [1.29, 1.82) is 5.26 Å². The lowest BCUT2D eigenvalue weighted by Crippen LogP contribution is -2.04. The number of halogens is 1. The third-order valence-corrected chi connectivity index (χ3v) is 2.45. The SMILES string of the molecule is C[C@H](O)c1cc(Br)cc([N+](=O)[O-])c1OCC#N. The molecule has 0 fully saturated rings. The molecule has 0 aliphatic carbocycles. The molecule has 0 amide bonds. The zero-order valence-electron chi connectivity index (χ0n) is 8.88. The van der Waals surface area contributed by atoms with Crippen molar-refractivity contribution in [2.75, 3.05) is 6.61 Å². The van der Waals surface area contributed by atoms with E-state index < -0.39 is 11.0 Å². The molecule has 7 heteroatoms. The molecule has 0 aliphatic heterocycles. The molecule has 0 saturated heterocycles. The number of aliphatic hydroxyl groups excluding tert-OH is 1. The Morgan fingerprint density at radius 3 is 2.82 bits per heavy atom. The van der Waals surface area contributed by atoms with Crippen LogP contribution in [-0.4, -0.2) is 16.6 Å². The second kappa shape index (κ2) is 5.61. The number of benzene rings is 1. The van der Waals surface area contributed by atoms with E-state index >= 15 is 0 Å². The van der Waals surface area contributed by atoms with Crippen LogP contribution in [0.2, 0.25) is 0 Å². The van der Waals surface area contributed by atoms with Gasteiger partial charge in [0.25, 0.3) is 0 Å². The molecular formula is C10H9BrN2O4. The van der Waals surface area contributed by atoms with Gasteiger partial charge in [0.1, 0.15) is 6.07 Å². The Labute approximate surface area is 106 Å². The smallest absolute Gasteiger partial charge is 0.312 e. The van der Waals surface area contributed by atoms with Crippen LogP contribution in [0.5, 0.6) is 5.75 Å². The van der Waals surface area contributed by atoms with Crippen LogP contribution in [0.25, 0.3) is 0 Å². The first-order valence-electron chi connectivity index (χ1n) is 4.63. The Balaban J connectivity index is 3.37. The van der Waals surface area contributed by atoms with Gasteiger partial charge in [0.15, 0.2) is 6.61 Å². The highest BCUT2D eigenvalue weighted by atomic mass is 79.9. The minimum absolute atomic E-state index is 0.0743. The highest BCUT2D eigenvalue weighted by Crippen LogP contribution is 2.37. The number of aliphatic hydroxyl groups is 1. The van der Waals surface area contributed by atoms with Crippen molar-refractivity contribution >= 4 is 21.6 Å². The summed E-state index contributed by atoms with van der Waals surface area (Å²) in [5, 5.41) is 28.8. The third kappa shape index (κ3) is 3.15. The summed E-state index contributed by atoms with van der Waals surface area (Å²) in [6.45, 7) is 1.15. The summed E-state index contributed by atoms with van der Waals surface area (Å²) < 4.78 is 5.47. The molecule has 0 aromatic heterocycles. The van der Waals surface area contributed by atoms with Crippen LogP contribution < -0.4 is 4.74 Å². The average Bonchev–Trinajstić information content (AvgIpc) is 2.26. The Hall–Kier alpha value is -1.65. The van der Waals surface area contributed by atoms with Gasteiger partial charge in [-0.3, -0.25) is 10.1 Å². The lowest BCUT2D eigenvalue weighted by atomic mass is 10.1. The van der Waals surface area contributed by atoms with E-state index in [0.717, 1.165) is 0 Å². The van der Waals surface area contributed by atoms with Crippen molar-refractivity contribution in [3.8, 4) is 11.8 Å². The molecule has 0 aliphatic rings. The molecule has 1 N–H and O–H groups in total. The predicted molar refractivity (Wildman–Crippen MR) is 62.5 cm³/mol. The fourth-order valence-electron chi connectivity index (χ4n) is 1.31. The van der Waals surface area contributed by atoms with E-state index in [1.54, 1.807) is 6.07 Å². The van der Waals surface area contributed by atoms with Crippen LogP contribution in [0.3, 0.4) is 0 Å². The summed E-state index contributed by atoms with van der Waals surface area (Å²) in [5.41, 5.74) is -0.0214. The third-order valence-electron chi connectivity index (χ3n) is 1.99. The summed E-state index contributed by atoms with van der Waals surface area (Å²) in [6, 6.07) is 4.51. The molecule has 0 bridgehead atoms. The van der Waals surface area contributed by atoms with E-state index in [1.165, 1.54) is 19.1 Å². The minimum Gasteiger partial charge on any atom is -0.471 e. The first kappa shape index (κ1) is 13.4. The van der Waals surface area contributed by atoms with E-state index in [9.17, 15) is 15.2 Å². The van der Waals surface area contributed by atoms with Gasteiger partial charge in [0, 0.05) is 16.1 Å². The molecule has 90 valence electrons. The largest absolute Gasteiger partial charge is 0.471 e. The average molecular weight is 301 g/mol. The van der Waals surface area contributed by atoms with Crippen LogP contribution in [0.4, 0.5) is 5.69 Å². The zero-order valence-corrected chi connectivity index (χ0v) is 10.5. The fourth-order valence-corrected chi connectivity index (χ4v) is 1.77. The normalized spacial score (nSPS) is 11.6. The number of hydrogen-bond acceptors (Lipinski definition) is 5.